The number of pyridine rings is 1. The van der Waals surface area contributed by atoms with Gasteiger partial charge in [-0.3, -0.25) is 5.41 Å². The second-order valence-electron chi connectivity index (χ2n) is 4.74. The summed E-state index contributed by atoms with van der Waals surface area (Å²) in [6, 6.07) is 9.90. The number of nitrogens with zero attached hydrogens (tertiary/aromatic N) is 2. The molecule has 1 aromatic carbocycles. The summed E-state index contributed by atoms with van der Waals surface area (Å²) < 4.78 is 0.988. The predicted octanol–water partition coefficient (Wildman–Crippen LogP) is 2.14. The van der Waals surface area contributed by atoms with Gasteiger partial charge in [0.25, 0.3) is 0 Å². The minimum absolute atomic E-state index is 0.802. The molecule has 0 aliphatic heterocycles. The first-order valence-corrected chi connectivity index (χ1v) is 7.07. The standard InChI is InChI=1S/C15H17BrN4/c1-10-5-4-6-15(18-10)19-13-7-11(16)8-14(20(2)3)12(13)9-17/h4-9,17H,1-3H3,(H,18,19)/p+1. The van der Waals surface area contributed by atoms with E-state index in [1.54, 1.807) is 6.21 Å². The van der Waals surface area contributed by atoms with E-state index in [1.807, 2.05) is 56.3 Å². The van der Waals surface area contributed by atoms with Crippen LogP contribution in [0.5, 0.6) is 0 Å². The minimum Gasteiger partial charge on any atom is -0.377 e. The van der Waals surface area contributed by atoms with Crippen molar-refractivity contribution in [1.82, 2.24) is 4.98 Å². The van der Waals surface area contributed by atoms with Crippen molar-refractivity contribution < 1.29 is 5.41 Å². The van der Waals surface area contributed by atoms with Gasteiger partial charge in [-0.1, -0.05) is 22.0 Å². The van der Waals surface area contributed by atoms with E-state index in [0.29, 0.717) is 0 Å². The topological polar surface area (TPSA) is 53.8 Å². The van der Waals surface area contributed by atoms with Gasteiger partial charge in [0.1, 0.15) is 5.82 Å². The van der Waals surface area contributed by atoms with Gasteiger partial charge in [0, 0.05) is 24.3 Å². The van der Waals surface area contributed by atoms with Crippen LogP contribution in [-0.4, -0.2) is 25.3 Å². The van der Waals surface area contributed by atoms with Gasteiger partial charge in [-0.2, -0.15) is 0 Å². The van der Waals surface area contributed by atoms with Crippen LogP contribution < -0.4 is 15.6 Å². The van der Waals surface area contributed by atoms with Gasteiger partial charge in [-0.15, -0.1) is 0 Å². The molecule has 0 amide bonds. The van der Waals surface area contributed by atoms with Gasteiger partial charge in [-0.25, -0.2) is 4.98 Å². The second kappa shape index (κ2) is 6.05. The van der Waals surface area contributed by atoms with Crippen molar-refractivity contribution in [2.45, 2.75) is 6.92 Å². The zero-order valence-corrected chi connectivity index (χ0v) is 13.4. The second-order valence-corrected chi connectivity index (χ2v) is 5.65. The van der Waals surface area contributed by atoms with E-state index in [1.165, 1.54) is 0 Å². The molecule has 5 heteroatoms. The van der Waals surface area contributed by atoms with Gasteiger partial charge < -0.3 is 10.2 Å². The summed E-state index contributed by atoms with van der Waals surface area (Å²) in [5.74, 6) is 0.802. The van der Waals surface area contributed by atoms with E-state index in [4.69, 9.17) is 5.41 Å². The third kappa shape index (κ3) is 3.17. The number of hydrogen-bond donors (Lipinski definition) is 2. The first kappa shape index (κ1) is 14.5. The zero-order chi connectivity index (χ0) is 14.7. The van der Waals surface area contributed by atoms with Crippen molar-refractivity contribution in [2.75, 3.05) is 24.3 Å². The highest BCUT2D eigenvalue weighted by Gasteiger charge is 2.12. The molecule has 0 unspecified atom stereocenters. The van der Waals surface area contributed by atoms with Crippen LogP contribution in [0.15, 0.2) is 34.8 Å². The van der Waals surface area contributed by atoms with Crippen molar-refractivity contribution >= 4 is 39.3 Å². The largest absolute Gasteiger partial charge is 0.377 e. The van der Waals surface area contributed by atoms with Gasteiger partial charge in [-0.05, 0) is 31.2 Å². The molecular weight excluding hydrogens is 316 g/mol. The van der Waals surface area contributed by atoms with E-state index >= 15 is 0 Å². The van der Waals surface area contributed by atoms with Crippen LogP contribution >= 0.6 is 15.9 Å². The maximum absolute atomic E-state index is 5.80. The summed E-state index contributed by atoms with van der Waals surface area (Å²) in [5.41, 5.74) is 3.87. The Hall–Kier alpha value is -1.88. The van der Waals surface area contributed by atoms with Crippen molar-refractivity contribution in [3.05, 3.63) is 46.1 Å². The Bertz CT molecular complexity index is 638. The zero-order valence-electron chi connectivity index (χ0n) is 11.8. The quantitative estimate of drug-likeness (QED) is 0.843. The molecule has 4 nitrogen and oxygen atoms in total. The molecule has 0 radical (unpaired) electrons. The van der Waals surface area contributed by atoms with Crippen LogP contribution in [0.1, 0.15) is 11.3 Å². The lowest BCUT2D eigenvalue weighted by atomic mass is 10.1. The molecule has 0 aliphatic carbocycles. The highest BCUT2D eigenvalue weighted by molar-refractivity contribution is 9.10. The number of aryl methyl sites for hydroxylation is 1. The SMILES string of the molecule is Cc1cccc(Nc2cc(Br)cc(N(C)C)c2C=[NH2+])n1. The number of benzene rings is 1. The highest BCUT2D eigenvalue weighted by atomic mass is 79.9. The molecule has 3 N–H and O–H groups in total. The Labute approximate surface area is 127 Å². The lowest BCUT2D eigenvalue weighted by molar-refractivity contribution is -0.104. The van der Waals surface area contributed by atoms with Crippen LogP contribution in [0.25, 0.3) is 0 Å². The summed E-state index contributed by atoms with van der Waals surface area (Å²) in [4.78, 5) is 6.48. The molecule has 0 saturated heterocycles. The van der Waals surface area contributed by atoms with E-state index in [2.05, 4.69) is 26.2 Å². The van der Waals surface area contributed by atoms with Crippen LogP contribution in [0.2, 0.25) is 0 Å². The van der Waals surface area contributed by atoms with Gasteiger partial charge in [0.05, 0.1) is 16.9 Å². The summed E-state index contributed by atoms with van der Waals surface area (Å²) in [7, 11) is 3.98. The van der Waals surface area contributed by atoms with Crippen molar-refractivity contribution in [3.8, 4) is 0 Å². The first-order valence-electron chi connectivity index (χ1n) is 6.27. The fraction of sp³-hybridized carbons (Fsp3) is 0.200. The van der Waals surface area contributed by atoms with E-state index < -0.39 is 0 Å². The molecule has 0 saturated carbocycles. The maximum atomic E-state index is 5.80. The summed E-state index contributed by atoms with van der Waals surface area (Å²) >= 11 is 3.53. The normalized spacial score (nSPS) is 10.2. The monoisotopic (exact) mass is 333 g/mol. The summed E-state index contributed by atoms with van der Waals surface area (Å²) in [5, 5.41) is 9.12. The molecule has 2 rings (SSSR count). The van der Waals surface area contributed by atoms with Crippen molar-refractivity contribution in [3.63, 3.8) is 0 Å². The maximum Gasteiger partial charge on any atom is 0.171 e. The first-order chi connectivity index (χ1) is 9.51. The molecule has 1 aromatic heterocycles. The van der Waals surface area contributed by atoms with Crippen LogP contribution in [0.3, 0.4) is 0 Å². The molecule has 0 aliphatic rings. The molecule has 2 aromatic rings. The van der Waals surface area contributed by atoms with E-state index in [9.17, 15) is 0 Å². The van der Waals surface area contributed by atoms with E-state index in [0.717, 1.165) is 32.9 Å². The Morgan fingerprint density at radius 1 is 1.30 bits per heavy atom. The lowest BCUT2D eigenvalue weighted by Crippen LogP contribution is -2.31. The fourth-order valence-corrected chi connectivity index (χ4v) is 2.45. The number of aromatic nitrogens is 1. The number of nitrogens with two attached hydrogens (primary N) is 1. The number of hydrogen-bond acceptors (Lipinski definition) is 3. The number of rotatable bonds is 4. The molecule has 0 fully saturated rings. The Morgan fingerprint density at radius 3 is 2.65 bits per heavy atom. The lowest BCUT2D eigenvalue weighted by Gasteiger charge is -2.18. The van der Waals surface area contributed by atoms with Crippen molar-refractivity contribution in [2.24, 2.45) is 0 Å². The van der Waals surface area contributed by atoms with Gasteiger partial charge in [0.15, 0.2) is 6.21 Å². The summed E-state index contributed by atoms with van der Waals surface area (Å²) in [6.07, 6.45) is 1.61. The third-order valence-electron chi connectivity index (χ3n) is 2.92. The van der Waals surface area contributed by atoms with Gasteiger partial charge in [0.2, 0.25) is 0 Å². The Kier molecular flexibility index (Phi) is 4.39. The third-order valence-corrected chi connectivity index (χ3v) is 3.38. The van der Waals surface area contributed by atoms with Crippen LogP contribution in [0.4, 0.5) is 17.2 Å². The van der Waals surface area contributed by atoms with Crippen molar-refractivity contribution in [1.29, 1.82) is 0 Å². The highest BCUT2D eigenvalue weighted by Crippen LogP contribution is 2.31. The molecule has 0 spiro atoms. The smallest absolute Gasteiger partial charge is 0.171 e. The minimum atomic E-state index is 0.802. The average Bonchev–Trinajstić information content (AvgIpc) is 2.38. The van der Waals surface area contributed by atoms with Crippen LogP contribution in [-0.2, 0) is 0 Å². The number of anilines is 3. The number of halogens is 1. The molecule has 20 heavy (non-hydrogen) atoms. The fourth-order valence-electron chi connectivity index (χ4n) is 2.00. The Balaban J connectivity index is 2.48. The molecular formula is C15H18BrN4+. The molecule has 104 valence electrons. The van der Waals surface area contributed by atoms with E-state index in [-0.39, 0.29) is 0 Å². The predicted molar refractivity (Wildman–Crippen MR) is 87.8 cm³/mol. The molecule has 1 heterocycles. The summed E-state index contributed by atoms with van der Waals surface area (Å²) in [6.45, 7) is 1.97. The molecule has 0 atom stereocenters. The van der Waals surface area contributed by atoms with Crippen LogP contribution in [0, 0.1) is 6.92 Å². The average molecular weight is 334 g/mol. The Morgan fingerprint density at radius 2 is 2.05 bits per heavy atom. The van der Waals surface area contributed by atoms with Gasteiger partial charge >= 0.3 is 0 Å². The molecule has 0 bridgehead atoms. The number of nitrogens with one attached hydrogen (secondary N) is 1.